The van der Waals surface area contributed by atoms with Crippen molar-refractivity contribution in [2.45, 2.75) is 13.8 Å². The zero-order valence-electron chi connectivity index (χ0n) is 15.8. The second-order valence-corrected chi connectivity index (χ2v) is 2.73. The molecule has 0 saturated heterocycles. The van der Waals surface area contributed by atoms with Crippen LogP contribution in [-0.2, 0) is 102 Å². The first-order valence-electron chi connectivity index (χ1n) is 4.65. The van der Waals surface area contributed by atoms with E-state index in [0.717, 1.165) is 8.19 Å². The Kier molecular flexibility index (Phi) is 1300. The van der Waals surface area contributed by atoms with E-state index in [1.165, 1.54) is 11.1 Å². The quantitative estimate of drug-likeness (QED) is 0.242. The Balaban J connectivity index is -0.00000000970. The number of hydrogen-bond acceptors (Lipinski definition) is 0. The predicted octanol–water partition coefficient (Wildman–Crippen LogP) is 1.91. The van der Waals surface area contributed by atoms with Crippen molar-refractivity contribution in [3.8, 4) is 0 Å². The van der Waals surface area contributed by atoms with Gasteiger partial charge in [0, 0.05) is 51.2 Å². The van der Waals surface area contributed by atoms with Crippen LogP contribution in [0.15, 0.2) is 11.6 Å². The summed E-state index contributed by atoms with van der Waals surface area (Å²) in [5.74, 6) is 4.55. The number of hydrogen-bond donors (Lipinski definition) is 0. The Morgan fingerprint density at radius 2 is 0.469 bits per heavy atom. The summed E-state index contributed by atoms with van der Waals surface area (Å²) in [7, 11) is 0.945. The Morgan fingerprint density at radius 3 is 0.500 bits per heavy atom. The maximum atomic E-state index is 7.50. The minimum atomic E-state index is 0. The van der Waals surface area contributed by atoms with E-state index in [2.05, 4.69) is 98.6 Å². The van der Waals surface area contributed by atoms with E-state index in [0.29, 0.717) is 0 Å². The molecule has 0 saturated carbocycles. The molecule has 0 amide bonds. The summed E-state index contributed by atoms with van der Waals surface area (Å²) in [6.07, 6.45) is 0. The van der Waals surface area contributed by atoms with Crippen LogP contribution in [0.1, 0.15) is 11.1 Å². The van der Waals surface area contributed by atoms with Crippen LogP contribution in [0.25, 0.3) is 0 Å². The average Bonchev–Trinajstić information content (AvgIpc) is 3.30. The largest absolute Gasteiger partial charge is 0 e. The molecule has 0 N–H and O–H groups in total. The summed E-state index contributed by atoms with van der Waals surface area (Å²) in [4.78, 5) is 0. The average molecular weight is 585 g/mol. The van der Waals surface area contributed by atoms with Crippen molar-refractivity contribution >= 4 is 8.19 Å². The fraction of sp³-hybridized carbons (Fsp3) is 0.118. The number of rotatable bonds is 0. The molecule has 1 rings (SSSR count). The van der Waals surface area contributed by atoms with E-state index >= 15 is 0 Å². The SMILES string of the molecule is Cc1c[pH]cc1C.[C-]#[O+].[C-]#[O+].[C-]#[O+].[C-]#[O+].[C-]#[O+].[C-]#[O+].[C-]#[O+].[C-]#[O+].[C-]#[O+].[C-]#[O+].[C-]#[O+].[Mn].[Mn].[Mn]. The molecule has 15 heteroatoms. The Labute approximate surface area is 219 Å². The molecular weight excluding hydrogens is 576 g/mol. The van der Waals surface area contributed by atoms with Crippen LogP contribution in [0.4, 0.5) is 0 Å². The maximum Gasteiger partial charge on any atom is 0 e. The summed E-state index contributed by atoms with van der Waals surface area (Å²) in [5, 5.41) is 0. The molecule has 0 atom stereocenters. The third-order valence-electron chi connectivity index (χ3n) is 1.22. The summed E-state index contributed by atoms with van der Waals surface area (Å²) >= 11 is 0. The smallest absolute Gasteiger partial charge is 0 e. The predicted molar refractivity (Wildman–Crippen MR) is 78.6 cm³/mol. The zero-order valence-corrected chi connectivity index (χ0v) is 20.3. The fourth-order valence-corrected chi connectivity index (χ4v) is 1.56. The minimum absolute atomic E-state index is 0. The zero-order chi connectivity index (χ0) is 27.3. The summed E-state index contributed by atoms with van der Waals surface area (Å²) in [5.41, 5.74) is 2.91. The third-order valence-corrected chi connectivity index (χ3v) is 2.42. The molecule has 0 aliphatic heterocycles. The van der Waals surface area contributed by atoms with Gasteiger partial charge in [0.25, 0.3) is 0 Å². The second-order valence-electron chi connectivity index (χ2n) is 1.82. The molecule has 11 nitrogen and oxygen atoms in total. The van der Waals surface area contributed by atoms with Crippen molar-refractivity contribution in [1.82, 2.24) is 0 Å². The summed E-state index contributed by atoms with van der Waals surface area (Å²) in [6.45, 7) is 53.8. The molecule has 3 radical (unpaired) electrons. The molecule has 1 aromatic heterocycles. The molecule has 0 spiro atoms. The molecule has 0 bridgehead atoms. The van der Waals surface area contributed by atoms with Crippen LogP contribution < -0.4 is 0 Å². The first-order valence-corrected chi connectivity index (χ1v) is 5.80. The van der Waals surface area contributed by atoms with Crippen molar-refractivity contribution in [2.24, 2.45) is 0 Å². The topological polar surface area (TPSA) is 219 Å². The number of aryl methyl sites for hydroxylation is 2. The van der Waals surface area contributed by atoms with Crippen molar-refractivity contribution in [2.75, 3.05) is 0 Å². The van der Waals surface area contributed by atoms with Gasteiger partial charge in [0.1, 0.15) is 0 Å². The standard InChI is InChI=1S/C6H9P.11CO.3Mn/c1-5-3-7-4-6(5)2;11*1-2;;;/h3-4,7H,1-2H3;;;;;;;;;;;;;;. The minimum Gasteiger partial charge on any atom is 0 e. The molecular formula is C17H9Mn3O11P. The van der Waals surface area contributed by atoms with Crippen LogP contribution in [0.5, 0.6) is 0 Å². The Hall–Kier alpha value is -1.52. The van der Waals surface area contributed by atoms with Crippen molar-refractivity contribution in [3.63, 3.8) is 0 Å². The van der Waals surface area contributed by atoms with E-state index in [9.17, 15) is 0 Å². The van der Waals surface area contributed by atoms with Crippen LogP contribution >= 0.6 is 8.19 Å². The molecule has 0 unspecified atom stereocenters. The van der Waals surface area contributed by atoms with Gasteiger partial charge in [-0.1, -0.05) is 0 Å². The Morgan fingerprint density at radius 1 is 0.375 bits per heavy atom. The first-order chi connectivity index (χ1) is 14.3. The van der Waals surface area contributed by atoms with Crippen LogP contribution in [-0.4, -0.2) is 0 Å². The van der Waals surface area contributed by atoms with E-state index in [1.54, 1.807) is 0 Å². The van der Waals surface area contributed by atoms with Gasteiger partial charge in [0.05, 0.1) is 0 Å². The summed E-state index contributed by atoms with van der Waals surface area (Å²) in [6, 6.07) is 0. The van der Waals surface area contributed by atoms with Gasteiger partial charge in [-0.15, -0.1) is 8.19 Å². The normalized spacial score (nSPS) is 2.75. The van der Waals surface area contributed by atoms with Gasteiger partial charge in [0.2, 0.25) is 0 Å². The van der Waals surface area contributed by atoms with Crippen LogP contribution in [0, 0.1) is 87.0 Å². The van der Waals surface area contributed by atoms with E-state index in [-0.39, 0.29) is 51.2 Å². The summed E-state index contributed by atoms with van der Waals surface area (Å²) < 4.78 is 82.5. The van der Waals surface area contributed by atoms with Gasteiger partial charge in [0.15, 0.2) is 0 Å². The van der Waals surface area contributed by atoms with Gasteiger partial charge < -0.3 is 0 Å². The van der Waals surface area contributed by atoms with E-state index in [4.69, 9.17) is 51.2 Å². The monoisotopic (exact) mass is 585 g/mol. The van der Waals surface area contributed by atoms with Crippen molar-refractivity contribution in [1.29, 1.82) is 0 Å². The van der Waals surface area contributed by atoms with Crippen molar-refractivity contribution in [3.05, 3.63) is 95.9 Å². The molecule has 1 heterocycles. The molecule has 0 aliphatic rings. The molecule has 1 aromatic rings. The van der Waals surface area contributed by atoms with Crippen molar-refractivity contribution < 1.29 is 102 Å². The molecule has 32 heavy (non-hydrogen) atoms. The van der Waals surface area contributed by atoms with Gasteiger partial charge >= 0.3 is 124 Å². The fourth-order valence-electron chi connectivity index (χ4n) is 0.519. The van der Waals surface area contributed by atoms with E-state index in [1.807, 2.05) is 0 Å². The van der Waals surface area contributed by atoms with Gasteiger partial charge in [-0.3, -0.25) is 0 Å². The first kappa shape index (κ1) is 97.5. The Bertz CT molecular complexity index is 445. The second kappa shape index (κ2) is 427. The molecule has 0 aliphatic carbocycles. The maximum absolute atomic E-state index is 7.50. The van der Waals surface area contributed by atoms with E-state index < -0.39 is 0 Å². The third kappa shape index (κ3) is 299. The van der Waals surface area contributed by atoms with Crippen LogP contribution in [0.2, 0.25) is 0 Å². The van der Waals surface area contributed by atoms with Gasteiger partial charge in [-0.25, -0.2) is 0 Å². The van der Waals surface area contributed by atoms with Gasteiger partial charge in [-0.2, -0.15) is 0 Å². The molecule has 169 valence electrons. The van der Waals surface area contributed by atoms with Gasteiger partial charge in [-0.05, 0) is 36.6 Å². The van der Waals surface area contributed by atoms with Crippen LogP contribution in [0.3, 0.4) is 0 Å². The molecule has 0 fully saturated rings. The molecule has 0 aromatic carbocycles.